The maximum Gasteiger partial charge on any atom is 0.240 e. The first-order valence-corrected chi connectivity index (χ1v) is 14.4. The lowest BCUT2D eigenvalue weighted by molar-refractivity contribution is -0.131. The Hall–Kier alpha value is -4.77. The summed E-state index contributed by atoms with van der Waals surface area (Å²) in [5, 5.41) is 5.89. The molecule has 0 radical (unpaired) electrons. The third-order valence-electron chi connectivity index (χ3n) is 7.68. The largest absolute Gasteiger partial charge is 0.493 e. The molecule has 1 heterocycles. The van der Waals surface area contributed by atoms with Crippen LogP contribution in [0.25, 0.3) is 10.9 Å². The van der Waals surface area contributed by atoms with Gasteiger partial charge in [-0.25, -0.2) is 8.78 Å². The van der Waals surface area contributed by atoms with E-state index in [1.807, 2.05) is 0 Å². The molecule has 4 aromatic rings. The number of aromatic nitrogens is 1. The number of carbonyl (C=O) groups is 2. The van der Waals surface area contributed by atoms with Gasteiger partial charge in [0, 0.05) is 41.6 Å². The molecule has 0 bridgehead atoms. The Morgan fingerprint density at radius 1 is 0.864 bits per heavy atom. The predicted molar refractivity (Wildman–Crippen MR) is 163 cm³/mol. The number of nitrogens with one attached hydrogen (secondary N) is 2. The van der Waals surface area contributed by atoms with Crippen LogP contribution >= 0.6 is 0 Å². The topological polar surface area (TPSA) is 102 Å². The van der Waals surface area contributed by atoms with Gasteiger partial charge in [-0.1, -0.05) is 13.8 Å². The summed E-state index contributed by atoms with van der Waals surface area (Å²) in [4.78, 5) is 32.5. The van der Waals surface area contributed by atoms with E-state index in [0.717, 1.165) is 25.7 Å². The average Bonchev–Trinajstić information content (AvgIpc) is 3.84. The zero-order valence-corrected chi connectivity index (χ0v) is 24.8. The van der Waals surface area contributed by atoms with Crippen molar-refractivity contribution in [1.82, 2.24) is 9.88 Å². The van der Waals surface area contributed by atoms with Crippen LogP contribution in [0.5, 0.6) is 23.0 Å². The molecule has 5 rings (SSSR count). The zero-order valence-electron chi connectivity index (χ0n) is 24.8. The first-order valence-electron chi connectivity index (χ1n) is 14.4. The number of ether oxygens (including phenoxy) is 3. The van der Waals surface area contributed by atoms with Crippen LogP contribution < -0.4 is 24.8 Å². The van der Waals surface area contributed by atoms with Crippen LogP contribution in [0, 0.1) is 17.0 Å². The molecule has 1 aromatic heterocycles. The highest BCUT2D eigenvalue weighted by Gasteiger charge is 2.56. The lowest BCUT2D eigenvalue weighted by Gasteiger charge is -2.19. The van der Waals surface area contributed by atoms with Gasteiger partial charge in [0.25, 0.3) is 0 Å². The number of methoxy groups -OCH3 is 1. The number of rotatable bonds is 13. The number of halogens is 2. The number of pyridine rings is 1. The van der Waals surface area contributed by atoms with E-state index in [1.54, 1.807) is 31.5 Å². The van der Waals surface area contributed by atoms with Crippen LogP contribution in [0.15, 0.2) is 66.9 Å². The number of hydrogen-bond donors (Lipinski definition) is 2. The van der Waals surface area contributed by atoms with Crippen LogP contribution in [-0.2, 0) is 9.59 Å². The molecule has 11 heteroatoms. The van der Waals surface area contributed by atoms with E-state index in [2.05, 4.69) is 34.4 Å². The molecule has 3 aromatic carbocycles. The van der Waals surface area contributed by atoms with Crippen molar-refractivity contribution in [3.8, 4) is 23.0 Å². The summed E-state index contributed by atoms with van der Waals surface area (Å²) in [7, 11) is 1.55. The van der Waals surface area contributed by atoms with E-state index < -0.39 is 28.9 Å². The van der Waals surface area contributed by atoms with Gasteiger partial charge in [0.15, 0.2) is 23.1 Å². The fraction of sp³-hybridized carbons (Fsp3) is 0.303. The summed E-state index contributed by atoms with van der Waals surface area (Å²) in [5.74, 6) is -0.866. The quantitative estimate of drug-likeness (QED) is 0.171. The number of carbonyl (C=O) groups excluding carboxylic acids is 2. The van der Waals surface area contributed by atoms with Crippen LogP contribution in [0.4, 0.5) is 20.2 Å². The molecule has 1 fully saturated rings. The van der Waals surface area contributed by atoms with Gasteiger partial charge in [0.1, 0.15) is 23.6 Å². The summed E-state index contributed by atoms with van der Waals surface area (Å²) in [5.41, 5.74) is -0.145. The molecular formula is C33H34F2N4O5. The third-order valence-corrected chi connectivity index (χ3v) is 7.68. The number of amides is 2. The highest BCUT2D eigenvalue weighted by atomic mass is 19.1. The molecule has 0 aliphatic heterocycles. The summed E-state index contributed by atoms with van der Waals surface area (Å²) < 4.78 is 45.9. The van der Waals surface area contributed by atoms with Crippen LogP contribution in [0.2, 0.25) is 0 Å². The van der Waals surface area contributed by atoms with Gasteiger partial charge in [-0.2, -0.15) is 0 Å². The summed E-state index contributed by atoms with van der Waals surface area (Å²) in [6, 6.07) is 14.4. The summed E-state index contributed by atoms with van der Waals surface area (Å²) in [6.45, 7) is 7.22. The Balaban J connectivity index is 1.29. The molecule has 0 unspecified atom stereocenters. The Morgan fingerprint density at radius 2 is 1.55 bits per heavy atom. The highest BCUT2D eigenvalue weighted by Crippen LogP contribution is 2.47. The summed E-state index contributed by atoms with van der Waals surface area (Å²) >= 11 is 0. The van der Waals surface area contributed by atoms with E-state index in [-0.39, 0.29) is 11.4 Å². The second-order valence-electron chi connectivity index (χ2n) is 10.4. The molecule has 44 heavy (non-hydrogen) atoms. The number of hydrogen-bond acceptors (Lipinski definition) is 7. The molecular weight excluding hydrogens is 570 g/mol. The Bertz CT molecular complexity index is 1660. The van der Waals surface area contributed by atoms with E-state index in [9.17, 15) is 14.0 Å². The molecule has 1 aliphatic carbocycles. The molecule has 1 aliphatic rings. The lowest BCUT2D eigenvalue weighted by Crippen LogP contribution is -2.35. The monoisotopic (exact) mass is 604 g/mol. The molecule has 0 saturated heterocycles. The van der Waals surface area contributed by atoms with E-state index in [4.69, 9.17) is 14.2 Å². The number of fused-ring (bicyclic) bond motifs is 1. The van der Waals surface area contributed by atoms with Gasteiger partial charge in [0.05, 0.1) is 12.6 Å². The fourth-order valence-electron chi connectivity index (χ4n) is 4.81. The van der Waals surface area contributed by atoms with Gasteiger partial charge < -0.3 is 29.7 Å². The van der Waals surface area contributed by atoms with E-state index in [1.165, 1.54) is 36.4 Å². The molecule has 2 amide bonds. The first kappa shape index (κ1) is 30.7. The maximum atomic E-state index is 15.2. The second-order valence-corrected chi connectivity index (χ2v) is 10.4. The SMILES string of the molecule is CCN(CC)CCOc1cc2c(Oc3ccc(NC(=O)C4(C(=O)Nc5ccc(F)cc5)CC4)cc3F)ccnc2cc1OC. The molecule has 0 atom stereocenters. The van der Waals surface area contributed by atoms with Crippen LogP contribution in [0.3, 0.4) is 0 Å². The number of benzene rings is 3. The molecule has 1 saturated carbocycles. The minimum absolute atomic E-state index is 0.0643. The van der Waals surface area contributed by atoms with Crippen molar-refractivity contribution in [2.24, 2.45) is 5.41 Å². The zero-order chi connectivity index (χ0) is 31.3. The van der Waals surface area contributed by atoms with Gasteiger partial charge >= 0.3 is 0 Å². The van der Waals surface area contributed by atoms with Crippen molar-refractivity contribution in [1.29, 1.82) is 0 Å². The van der Waals surface area contributed by atoms with Crippen molar-refractivity contribution in [2.45, 2.75) is 26.7 Å². The Kier molecular flexibility index (Phi) is 9.24. The first-order chi connectivity index (χ1) is 21.3. The predicted octanol–water partition coefficient (Wildman–Crippen LogP) is 6.39. The number of anilines is 2. The van der Waals surface area contributed by atoms with Gasteiger partial charge in [-0.05, 0) is 74.5 Å². The van der Waals surface area contributed by atoms with Crippen molar-refractivity contribution in [3.05, 3.63) is 78.5 Å². The van der Waals surface area contributed by atoms with Gasteiger partial charge in [0.2, 0.25) is 11.8 Å². The average molecular weight is 605 g/mol. The molecule has 2 N–H and O–H groups in total. The van der Waals surface area contributed by atoms with Crippen molar-refractivity contribution in [3.63, 3.8) is 0 Å². The number of likely N-dealkylation sites (N-methyl/N-ethyl adjacent to an activating group) is 1. The fourth-order valence-corrected chi connectivity index (χ4v) is 4.81. The van der Waals surface area contributed by atoms with Crippen molar-refractivity contribution in [2.75, 3.05) is 44.0 Å². The smallest absolute Gasteiger partial charge is 0.240 e. The standard InChI is InChI=1S/C33H34F2N4O5/c1-4-39(5-2)16-17-43-30-19-24-26(20-29(30)42-3)36-15-12-27(24)44-28-11-10-23(18-25(28)35)38-32(41)33(13-14-33)31(40)37-22-8-6-21(34)7-9-22/h6-12,15,18-20H,4-5,13-14,16-17H2,1-3H3,(H,37,40)(H,38,41). The molecule has 9 nitrogen and oxygen atoms in total. The third kappa shape index (κ3) is 6.73. The minimum atomic E-state index is -1.28. The highest BCUT2D eigenvalue weighted by molar-refractivity contribution is 6.16. The second kappa shape index (κ2) is 13.3. The normalized spacial score (nSPS) is 13.4. The number of nitrogens with zero attached hydrogens (tertiary/aromatic N) is 2. The van der Waals surface area contributed by atoms with Gasteiger partial charge in [-0.15, -0.1) is 0 Å². The molecule has 230 valence electrons. The van der Waals surface area contributed by atoms with Crippen LogP contribution in [0.1, 0.15) is 26.7 Å². The van der Waals surface area contributed by atoms with Crippen molar-refractivity contribution < 1.29 is 32.6 Å². The van der Waals surface area contributed by atoms with Gasteiger partial charge in [-0.3, -0.25) is 14.6 Å². The minimum Gasteiger partial charge on any atom is -0.493 e. The van der Waals surface area contributed by atoms with Crippen LogP contribution in [-0.4, -0.2) is 55.0 Å². The Labute approximate surface area is 254 Å². The van der Waals surface area contributed by atoms with Crippen molar-refractivity contribution >= 4 is 34.1 Å². The Morgan fingerprint density at radius 3 is 2.18 bits per heavy atom. The maximum absolute atomic E-state index is 15.2. The molecule has 0 spiro atoms. The van der Waals surface area contributed by atoms with E-state index in [0.29, 0.717) is 53.3 Å². The lowest BCUT2D eigenvalue weighted by atomic mass is 10.0. The summed E-state index contributed by atoms with van der Waals surface area (Å²) in [6.07, 6.45) is 2.24. The van der Waals surface area contributed by atoms with E-state index >= 15 is 4.39 Å².